The normalized spacial score (nSPS) is 47.8. The molecule has 31 N–H and O–H groups in total. The highest BCUT2D eigenvalue weighted by Gasteiger charge is 2.62. The molecule has 0 aliphatic carbocycles. The average molecular weight is 1870 g/mol. The lowest BCUT2D eigenvalue weighted by Crippen LogP contribution is -2.71. The summed E-state index contributed by atoms with van der Waals surface area (Å²) in [6, 6.07) is -11.1. The van der Waals surface area contributed by atoms with Crippen LogP contribution >= 0.6 is 0 Å². The Hall–Kier alpha value is -4.94. The van der Waals surface area contributed by atoms with Crippen LogP contribution in [0.3, 0.4) is 0 Å². The molecule has 10 heterocycles. The first-order chi connectivity index (χ1) is 60.5. The number of nitrogens with one attached hydrogen (secondary N) is 6. The van der Waals surface area contributed by atoms with Gasteiger partial charge < -0.3 is 250 Å². The van der Waals surface area contributed by atoms with Crippen LogP contribution < -0.4 is 31.9 Å². The first-order valence-corrected chi connectivity index (χ1v) is 41.0. The number of hydrogen-bond donors (Lipinski definition) is 31. The van der Waals surface area contributed by atoms with Crippen LogP contribution in [0.2, 0.25) is 0 Å². The number of amides is 6. The van der Waals surface area contributed by atoms with E-state index < -0.39 is 402 Å². The van der Waals surface area contributed by atoms with E-state index in [1.165, 1.54) is 6.92 Å². The first-order valence-electron chi connectivity index (χ1n) is 41.0. The molecule has 738 valence electrons. The van der Waals surface area contributed by atoms with E-state index in [0.29, 0.717) is 0 Å². The minimum Gasteiger partial charge on any atom is -0.394 e. The Morgan fingerprint density at radius 1 is 0.219 bits per heavy atom. The van der Waals surface area contributed by atoms with Gasteiger partial charge in [0, 0.05) is 41.5 Å². The molecule has 0 unspecified atom stereocenters. The SMILES string of the molecule is CC(=O)N[C@@H]1[C@H](O[C@@H]2[C@@H](O[C@@H]3[C@H](O)[C@H](O[C@H]4[C@H](O)[C@@H](NC(C)=O)[C@H](O[C@H]5[C@H](O)[C@@H](NC(C)=O)[C@H](O)O[C@@H]5CO[C@H]5O[C@H](C)[C@H](O)[C@H](O)[C@H]5O)O[C@@H]4CO)O[C@H](CO[C@H]4O[C@H](CO)[C@@H](O)[C@H](O)[C@@H]4O[C@@H]4O[C@H](CO)[C@@H](O[C@@H]5O[C@H](CO)[C@H](O)[C@H](O)[C@H]5NC(C)=O)[C@H](O)[C@H]4NC(C)=O)[C@H]3O)O[C@H](CO)[C@@H](O)[C@@H]2O)O[C@H](CO)[C@@H](O[C@@H]2O[C@H](CO)[C@H](O)[C@H](O)[C@H]2NC(C)=O)[C@@H]1O. The zero-order chi connectivity index (χ0) is 94.4. The molecule has 0 radical (unpaired) electrons. The molecule has 10 aliphatic heterocycles. The molecule has 10 aliphatic rings. The van der Waals surface area contributed by atoms with Crippen LogP contribution in [0.1, 0.15) is 48.5 Å². The summed E-state index contributed by atoms with van der Waals surface area (Å²) in [6.45, 7) is -2.88. The third-order valence-electron chi connectivity index (χ3n) is 23.2. The molecule has 0 aromatic rings. The molecule has 0 aromatic heterocycles. The van der Waals surface area contributed by atoms with Crippen LogP contribution in [0, 0.1) is 0 Å². The molecule has 0 aromatic carbocycles. The lowest BCUT2D eigenvalue weighted by atomic mass is 9.93. The van der Waals surface area contributed by atoms with Gasteiger partial charge in [-0.3, -0.25) is 28.8 Å². The topological polar surface area (TPSA) is 856 Å². The third-order valence-corrected chi connectivity index (χ3v) is 23.2. The van der Waals surface area contributed by atoms with Crippen LogP contribution in [0.4, 0.5) is 0 Å². The summed E-state index contributed by atoms with van der Waals surface area (Å²) in [5.74, 6) is -5.41. The molecule has 10 rings (SSSR count). The average Bonchev–Trinajstić information content (AvgIpc) is 0.764. The zero-order valence-corrected chi connectivity index (χ0v) is 69.6. The van der Waals surface area contributed by atoms with Crippen molar-refractivity contribution < 1.29 is 246 Å². The second-order valence-electron chi connectivity index (χ2n) is 32.5. The van der Waals surface area contributed by atoms with Gasteiger partial charge in [0.05, 0.1) is 65.6 Å². The van der Waals surface area contributed by atoms with Gasteiger partial charge in [0.25, 0.3) is 0 Å². The van der Waals surface area contributed by atoms with Gasteiger partial charge in [-0.05, 0) is 6.92 Å². The van der Waals surface area contributed by atoms with Crippen molar-refractivity contribution in [2.24, 2.45) is 0 Å². The Morgan fingerprint density at radius 2 is 0.484 bits per heavy atom. The summed E-state index contributed by atoms with van der Waals surface area (Å²) >= 11 is 0. The Kier molecular flexibility index (Phi) is 37.8. The standard InChI is InChI=1S/C72H120N6O50/c1-17-39(92)51(104)54(107)69(112-17)110-16-32-59(47(100)33(63(109)113-32)73-18(2)86)124-66-36(76-21(5)89)50(103)58(30(14-85)118-66)125-70-55(108)60(126-72-62(53(106)43(96)27(11-82)117-72)128-68-38(78-23(7)91)49(102)57(29(13-84)120-68)123-65-35(75-20(4)88)46(99)41(94)25(9-80)115-65)44(97)31(121-70)15-111-71-61(52(105)42(95)26(10-81)116-71)127-67-37(77-22(6)90)48(101)56(28(12-83)119-67)122-64-34(74-19(3)87)45(98)40(93)24(8-79)114-64/h17,24-72,79-85,92-109H,8-16H2,1-7H3,(H,73,86)(H,74,87)(H,75,88)(H,76,89)(H,77,90)(H,78,91)/t17-,24-,25-,26-,27-,28-,29-,30-,31-,32-,33-,34-,35-,36-,37-,38+,39+,40+,41+,42-,43-,44-,45-,46-,47-,48-,49-,50-,51+,52+,53+,54-,55+,56-,57-,58-,59-,60+,61+,62+,63-,64+,65+,66+,67+,68+,69+,70+,71+,72-/m1/s1. The fraction of sp³-hybridized carbons (Fsp3) is 0.917. The molecule has 50 atom stereocenters. The number of carbonyl (C=O) groups excluding carboxylic acids is 6. The third kappa shape index (κ3) is 23.8. The number of hydrogen-bond acceptors (Lipinski definition) is 50. The predicted molar refractivity (Wildman–Crippen MR) is 398 cm³/mol. The van der Waals surface area contributed by atoms with E-state index in [1.54, 1.807) is 0 Å². The van der Waals surface area contributed by atoms with E-state index >= 15 is 0 Å². The molecule has 56 heteroatoms. The summed E-state index contributed by atoms with van der Waals surface area (Å²) in [5, 5.41) is 297. The minimum atomic E-state index is -2.64. The maximum atomic E-state index is 13.3. The molecule has 6 amide bonds. The second kappa shape index (κ2) is 46.1. The first kappa shape index (κ1) is 105. The molecule has 0 spiro atoms. The molecule has 56 nitrogen and oxygen atoms in total. The van der Waals surface area contributed by atoms with E-state index in [-0.39, 0.29) is 0 Å². The van der Waals surface area contributed by atoms with Crippen molar-refractivity contribution in [3.63, 3.8) is 0 Å². The van der Waals surface area contributed by atoms with Gasteiger partial charge in [-0.25, -0.2) is 0 Å². The molecule has 0 bridgehead atoms. The Bertz CT molecular complexity index is 3550. The van der Waals surface area contributed by atoms with Crippen molar-refractivity contribution >= 4 is 35.4 Å². The van der Waals surface area contributed by atoms with Gasteiger partial charge in [0.1, 0.15) is 238 Å². The van der Waals surface area contributed by atoms with Crippen LogP contribution in [-0.4, -0.2) is 529 Å². The Morgan fingerprint density at radius 3 is 0.852 bits per heavy atom. The molecular formula is C72H120N6O50. The molecule has 10 saturated heterocycles. The van der Waals surface area contributed by atoms with E-state index in [0.717, 1.165) is 41.5 Å². The van der Waals surface area contributed by atoms with E-state index in [4.69, 9.17) is 90.0 Å². The van der Waals surface area contributed by atoms with Crippen molar-refractivity contribution in [1.29, 1.82) is 0 Å². The number of rotatable bonds is 33. The van der Waals surface area contributed by atoms with Crippen molar-refractivity contribution in [2.75, 3.05) is 59.5 Å². The summed E-state index contributed by atoms with van der Waals surface area (Å²) in [5.41, 5.74) is 0. The lowest BCUT2D eigenvalue weighted by Gasteiger charge is -2.51. The van der Waals surface area contributed by atoms with Crippen LogP contribution in [0.15, 0.2) is 0 Å². The summed E-state index contributed by atoms with van der Waals surface area (Å²) in [4.78, 5) is 76.8. The fourth-order valence-electron chi connectivity index (χ4n) is 16.6. The fourth-order valence-corrected chi connectivity index (χ4v) is 16.6. The van der Waals surface area contributed by atoms with Gasteiger partial charge in [-0.2, -0.15) is 0 Å². The van der Waals surface area contributed by atoms with Gasteiger partial charge in [-0.15, -0.1) is 0 Å². The highest BCUT2D eigenvalue weighted by molar-refractivity contribution is 5.75. The molecule has 128 heavy (non-hydrogen) atoms. The van der Waals surface area contributed by atoms with Crippen LogP contribution in [-0.2, 0) is 119 Å². The monoisotopic (exact) mass is 1870 g/mol. The quantitative estimate of drug-likeness (QED) is 0.0290. The lowest BCUT2D eigenvalue weighted by molar-refractivity contribution is -0.398. The number of ether oxygens (including phenoxy) is 19. The molecular weight excluding hydrogens is 1750 g/mol. The van der Waals surface area contributed by atoms with Crippen LogP contribution in [0.25, 0.3) is 0 Å². The number of aliphatic hydroxyl groups excluding tert-OH is 25. The zero-order valence-electron chi connectivity index (χ0n) is 69.6. The summed E-state index contributed by atoms with van der Waals surface area (Å²) < 4.78 is 114. The van der Waals surface area contributed by atoms with E-state index in [2.05, 4.69) is 31.9 Å². The Balaban J connectivity index is 0.993. The largest absolute Gasteiger partial charge is 0.394 e. The summed E-state index contributed by atoms with van der Waals surface area (Å²) in [7, 11) is 0. The van der Waals surface area contributed by atoms with Crippen molar-refractivity contribution in [3.8, 4) is 0 Å². The van der Waals surface area contributed by atoms with E-state index in [9.17, 15) is 156 Å². The number of carbonyl (C=O) groups is 6. The van der Waals surface area contributed by atoms with Gasteiger partial charge in [-0.1, -0.05) is 0 Å². The van der Waals surface area contributed by atoms with Crippen molar-refractivity contribution in [2.45, 2.75) is 355 Å². The van der Waals surface area contributed by atoms with E-state index in [1.807, 2.05) is 0 Å². The Labute approximate surface area is 726 Å². The van der Waals surface area contributed by atoms with Crippen LogP contribution in [0.5, 0.6) is 0 Å². The maximum absolute atomic E-state index is 13.3. The van der Waals surface area contributed by atoms with Crippen molar-refractivity contribution in [1.82, 2.24) is 31.9 Å². The highest BCUT2D eigenvalue weighted by atomic mass is 16.8. The number of aliphatic hydroxyl groups is 25. The minimum absolute atomic E-state index is 0.812. The molecule has 0 saturated carbocycles. The smallest absolute Gasteiger partial charge is 0.217 e. The van der Waals surface area contributed by atoms with Gasteiger partial charge >= 0.3 is 0 Å². The molecule has 10 fully saturated rings. The second-order valence-corrected chi connectivity index (χ2v) is 32.5. The highest BCUT2D eigenvalue weighted by Crippen LogP contribution is 2.41. The van der Waals surface area contributed by atoms with Gasteiger partial charge in [0.2, 0.25) is 35.4 Å². The summed E-state index contributed by atoms with van der Waals surface area (Å²) in [6.07, 6.45) is -90.9. The maximum Gasteiger partial charge on any atom is 0.217 e. The van der Waals surface area contributed by atoms with Crippen molar-refractivity contribution in [3.05, 3.63) is 0 Å². The predicted octanol–water partition coefficient (Wildman–Crippen LogP) is -20.9. The van der Waals surface area contributed by atoms with Gasteiger partial charge in [0.15, 0.2) is 62.9 Å².